The Morgan fingerprint density at radius 2 is 1.67 bits per heavy atom. The lowest BCUT2D eigenvalue weighted by molar-refractivity contribution is -0.145. The Labute approximate surface area is 212 Å². The Bertz CT molecular complexity index is 1140. The molecule has 3 aromatic rings. The number of aliphatic carboxylic acids is 1. The van der Waals surface area contributed by atoms with Crippen LogP contribution in [0.2, 0.25) is 0 Å². The number of aromatic nitrogens is 1. The fourth-order valence-corrected chi connectivity index (χ4v) is 5.33. The number of benzene rings is 2. The van der Waals surface area contributed by atoms with Crippen LogP contribution in [0.15, 0.2) is 79.0 Å². The summed E-state index contributed by atoms with van der Waals surface area (Å²) in [6.45, 7) is 0. The molecule has 1 aliphatic rings. The maximum Gasteiger partial charge on any atom is 0.306 e. The predicted octanol–water partition coefficient (Wildman–Crippen LogP) is 5.99. The molecule has 2 N–H and O–H groups in total. The van der Waals surface area contributed by atoms with E-state index in [0.717, 1.165) is 29.5 Å². The van der Waals surface area contributed by atoms with Gasteiger partial charge in [-0.3, -0.25) is 9.59 Å². The van der Waals surface area contributed by atoms with Gasteiger partial charge < -0.3 is 15.2 Å². The Morgan fingerprint density at radius 1 is 1.00 bits per heavy atom. The molecule has 2 unspecified atom stereocenters. The second kappa shape index (κ2) is 12.0. The SMILES string of the molecule is COC(Cc1ccccc1)CC(CC1(C(=O)Nc2cc(-c3ccccc3)ccn2)CCCC1)C(=O)O. The van der Waals surface area contributed by atoms with E-state index in [1.807, 2.05) is 72.8 Å². The van der Waals surface area contributed by atoms with E-state index in [0.29, 0.717) is 37.9 Å². The first-order valence-corrected chi connectivity index (χ1v) is 12.6. The molecule has 2 atom stereocenters. The van der Waals surface area contributed by atoms with Crippen LogP contribution in [-0.2, 0) is 20.7 Å². The van der Waals surface area contributed by atoms with Crippen molar-refractivity contribution in [3.63, 3.8) is 0 Å². The Balaban J connectivity index is 1.48. The second-order valence-electron chi connectivity index (χ2n) is 9.76. The van der Waals surface area contributed by atoms with Crippen LogP contribution >= 0.6 is 0 Å². The van der Waals surface area contributed by atoms with Crippen LogP contribution in [-0.4, -0.2) is 35.2 Å². The lowest BCUT2D eigenvalue weighted by Crippen LogP contribution is -2.38. The minimum atomic E-state index is -0.881. The quantitative estimate of drug-likeness (QED) is 0.348. The molecular weight excluding hydrogens is 452 g/mol. The first-order valence-electron chi connectivity index (χ1n) is 12.6. The number of ether oxygens (including phenoxy) is 1. The first-order chi connectivity index (χ1) is 17.5. The number of hydrogen-bond donors (Lipinski definition) is 2. The van der Waals surface area contributed by atoms with Crippen molar-refractivity contribution in [2.24, 2.45) is 11.3 Å². The van der Waals surface area contributed by atoms with Crippen molar-refractivity contribution in [1.82, 2.24) is 4.98 Å². The van der Waals surface area contributed by atoms with Crippen LogP contribution < -0.4 is 5.32 Å². The van der Waals surface area contributed by atoms with Crippen molar-refractivity contribution in [2.45, 2.75) is 51.0 Å². The van der Waals surface area contributed by atoms with Crippen LogP contribution in [0.25, 0.3) is 11.1 Å². The lowest BCUT2D eigenvalue weighted by atomic mass is 9.75. The molecule has 2 aromatic carbocycles. The number of nitrogens with zero attached hydrogens (tertiary/aromatic N) is 1. The summed E-state index contributed by atoms with van der Waals surface area (Å²) in [5.41, 5.74) is 2.39. The number of pyridine rings is 1. The Hall–Kier alpha value is -3.51. The standard InChI is InChI=1S/C30H34N2O4/c1-36-26(18-22-10-4-2-5-11-22)19-25(28(33)34)21-30(15-8-9-16-30)29(35)32-27-20-24(14-17-31-27)23-12-6-3-7-13-23/h2-7,10-14,17,20,25-26H,8-9,15-16,18-19,21H2,1H3,(H,33,34)(H,31,32,35). The summed E-state index contributed by atoms with van der Waals surface area (Å²) in [6, 6.07) is 23.6. The molecule has 0 bridgehead atoms. The van der Waals surface area contributed by atoms with E-state index in [9.17, 15) is 14.7 Å². The number of hydrogen-bond acceptors (Lipinski definition) is 4. The van der Waals surface area contributed by atoms with Gasteiger partial charge in [0.25, 0.3) is 0 Å². The van der Waals surface area contributed by atoms with Gasteiger partial charge in [0.15, 0.2) is 0 Å². The van der Waals surface area contributed by atoms with E-state index >= 15 is 0 Å². The number of nitrogens with one attached hydrogen (secondary N) is 1. The van der Waals surface area contributed by atoms with Crippen molar-refractivity contribution in [3.8, 4) is 11.1 Å². The number of carbonyl (C=O) groups is 2. The molecule has 1 amide bonds. The van der Waals surface area contributed by atoms with Crippen molar-refractivity contribution < 1.29 is 19.4 Å². The van der Waals surface area contributed by atoms with E-state index in [1.54, 1.807) is 13.3 Å². The van der Waals surface area contributed by atoms with Crippen LogP contribution in [0.1, 0.15) is 44.1 Å². The number of amides is 1. The second-order valence-corrected chi connectivity index (χ2v) is 9.76. The summed E-state index contributed by atoms with van der Waals surface area (Å²) in [4.78, 5) is 30.3. The number of carboxylic acids is 1. The number of methoxy groups -OCH3 is 1. The van der Waals surface area contributed by atoms with Crippen LogP contribution in [0.4, 0.5) is 5.82 Å². The topological polar surface area (TPSA) is 88.5 Å². The Kier molecular flexibility index (Phi) is 8.49. The molecule has 1 heterocycles. The molecule has 0 saturated heterocycles. The normalized spacial score (nSPS) is 16.2. The van der Waals surface area contributed by atoms with Gasteiger partial charge in [-0.15, -0.1) is 0 Å². The number of rotatable bonds is 11. The van der Waals surface area contributed by atoms with Gasteiger partial charge >= 0.3 is 5.97 Å². The highest BCUT2D eigenvalue weighted by molar-refractivity contribution is 5.95. The molecule has 1 aliphatic carbocycles. The summed E-state index contributed by atoms with van der Waals surface area (Å²) in [7, 11) is 1.62. The number of anilines is 1. The molecule has 36 heavy (non-hydrogen) atoms. The van der Waals surface area contributed by atoms with E-state index < -0.39 is 17.3 Å². The maximum absolute atomic E-state index is 13.6. The average Bonchev–Trinajstić information content (AvgIpc) is 3.39. The van der Waals surface area contributed by atoms with Gasteiger partial charge in [-0.1, -0.05) is 73.5 Å². The highest BCUT2D eigenvalue weighted by Crippen LogP contribution is 2.45. The summed E-state index contributed by atoms with van der Waals surface area (Å²) >= 11 is 0. The minimum Gasteiger partial charge on any atom is -0.481 e. The van der Waals surface area contributed by atoms with Crippen molar-refractivity contribution in [1.29, 1.82) is 0 Å². The van der Waals surface area contributed by atoms with Gasteiger partial charge in [-0.05, 0) is 60.9 Å². The highest BCUT2D eigenvalue weighted by Gasteiger charge is 2.44. The largest absolute Gasteiger partial charge is 0.481 e. The van der Waals surface area contributed by atoms with E-state index in [-0.39, 0.29) is 12.0 Å². The smallest absolute Gasteiger partial charge is 0.306 e. The molecule has 1 fully saturated rings. The lowest BCUT2D eigenvalue weighted by Gasteiger charge is -2.31. The summed E-state index contributed by atoms with van der Waals surface area (Å²) in [5, 5.41) is 13.1. The van der Waals surface area contributed by atoms with Gasteiger partial charge in [0.2, 0.25) is 5.91 Å². The van der Waals surface area contributed by atoms with Crippen molar-refractivity contribution in [3.05, 3.63) is 84.6 Å². The molecule has 1 aromatic heterocycles. The zero-order valence-electron chi connectivity index (χ0n) is 20.7. The van der Waals surface area contributed by atoms with Gasteiger partial charge in [-0.25, -0.2) is 4.98 Å². The zero-order chi connectivity index (χ0) is 25.4. The molecule has 4 rings (SSSR count). The Morgan fingerprint density at radius 3 is 2.31 bits per heavy atom. The summed E-state index contributed by atoms with van der Waals surface area (Å²) in [5.74, 6) is -1.21. The average molecular weight is 487 g/mol. The number of carbonyl (C=O) groups excluding carboxylic acids is 1. The third-order valence-electron chi connectivity index (χ3n) is 7.32. The van der Waals surface area contributed by atoms with E-state index in [2.05, 4.69) is 10.3 Å². The fourth-order valence-electron chi connectivity index (χ4n) is 5.33. The minimum absolute atomic E-state index is 0.138. The highest BCUT2D eigenvalue weighted by atomic mass is 16.5. The van der Waals surface area contributed by atoms with Crippen LogP contribution in [0.3, 0.4) is 0 Å². The van der Waals surface area contributed by atoms with Crippen LogP contribution in [0, 0.1) is 11.3 Å². The molecule has 1 saturated carbocycles. The molecule has 6 nitrogen and oxygen atoms in total. The van der Waals surface area contributed by atoms with E-state index in [1.165, 1.54) is 0 Å². The van der Waals surface area contributed by atoms with Crippen molar-refractivity contribution in [2.75, 3.05) is 12.4 Å². The van der Waals surface area contributed by atoms with Gasteiger partial charge in [0, 0.05) is 13.3 Å². The summed E-state index contributed by atoms with van der Waals surface area (Å²) < 4.78 is 5.67. The van der Waals surface area contributed by atoms with Gasteiger partial charge in [0.1, 0.15) is 5.82 Å². The molecule has 6 heteroatoms. The molecule has 0 radical (unpaired) electrons. The van der Waals surface area contributed by atoms with Gasteiger partial charge in [0.05, 0.1) is 17.4 Å². The third-order valence-corrected chi connectivity index (χ3v) is 7.32. The molecule has 188 valence electrons. The fraction of sp³-hybridized carbons (Fsp3) is 0.367. The molecule has 0 spiro atoms. The monoisotopic (exact) mass is 486 g/mol. The third kappa shape index (κ3) is 6.38. The zero-order valence-corrected chi connectivity index (χ0v) is 20.7. The molecule has 0 aliphatic heterocycles. The summed E-state index contributed by atoms with van der Waals surface area (Å²) in [6.07, 6.45) is 5.92. The predicted molar refractivity (Wildman–Crippen MR) is 141 cm³/mol. The van der Waals surface area contributed by atoms with Crippen molar-refractivity contribution >= 4 is 17.7 Å². The van der Waals surface area contributed by atoms with Gasteiger partial charge in [-0.2, -0.15) is 0 Å². The van der Waals surface area contributed by atoms with E-state index in [4.69, 9.17) is 4.74 Å². The maximum atomic E-state index is 13.6. The molecular formula is C30H34N2O4. The first kappa shape index (κ1) is 25.6. The number of carboxylic acid groups (broad SMARTS) is 1. The van der Waals surface area contributed by atoms with Crippen LogP contribution in [0.5, 0.6) is 0 Å².